The van der Waals surface area contributed by atoms with Crippen molar-refractivity contribution in [2.75, 3.05) is 11.9 Å². The molecule has 0 aliphatic carbocycles. The summed E-state index contributed by atoms with van der Waals surface area (Å²) in [6.07, 6.45) is 1.48. The standard InChI is InChI=1S/C22H19ClN6O2/c1-13-11-28(12-16-5-3-15(9-24)4-6-16)22(31)20-8-19(27-29(13)20)21-18(26-14(2)30)7-17(23)10-25-21/h3-8,10,13H,11-12H2,1-2H3,(H,26,30)/t13-/m0/s1. The van der Waals surface area contributed by atoms with E-state index in [4.69, 9.17) is 16.9 Å². The molecule has 2 aromatic heterocycles. The molecule has 1 atom stereocenters. The number of nitrogens with zero attached hydrogens (tertiary/aromatic N) is 5. The molecule has 31 heavy (non-hydrogen) atoms. The molecule has 0 saturated carbocycles. The smallest absolute Gasteiger partial charge is 0.272 e. The second-order valence-corrected chi connectivity index (χ2v) is 7.87. The molecule has 0 bridgehead atoms. The molecule has 3 heterocycles. The van der Waals surface area contributed by atoms with Crippen LogP contribution in [0.15, 0.2) is 42.6 Å². The van der Waals surface area contributed by atoms with Crippen LogP contribution in [0.1, 0.15) is 41.5 Å². The predicted octanol–water partition coefficient (Wildman–Crippen LogP) is 3.65. The molecule has 9 heteroatoms. The van der Waals surface area contributed by atoms with Crippen molar-refractivity contribution in [2.45, 2.75) is 26.4 Å². The minimum absolute atomic E-state index is 0.0450. The Hall–Kier alpha value is -3.70. The van der Waals surface area contributed by atoms with Crippen LogP contribution in [-0.4, -0.2) is 38.0 Å². The van der Waals surface area contributed by atoms with Crippen molar-refractivity contribution in [2.24, 2.45) is 0 Å². The number of hydrogen-bond acceptors (Lipinski definition) is 5. The molecular formula is C22H19ClN6O2. The first-order valence-corrected chi connectivity index (χ1v) is 10.0. The summed E-state index contributed by atoms with van der Waals surface area (Å²) >= 11 is 6.03. The second-order valence-electron chi connectivity index (χ2n) is 7.43. The van der Waals surface area contributed by atoms with Crippen molar-refractivity contribution in [3.05, 3.63) is 64.4 Å². The van der Waals surface area contributed by atoms with Crippen molar-refractivity contribution < 1.29 is 9.59 Å². The zero-order valence-corrected chi connectivity index (χ0v) is 17.7. The highest BCUT2D eigenvalue weighted by molar-refractivity contribution is 6.30. The van der Waals surface area contributed by atoms with Crippen LogP contribution in [0.4, 0.5) is 5.69 Å². The van der Waals surface area contributed by atoms with Gasteiger partial charge >= 0.3 is 0 Å². The third-order valence-electron chi connectivity index (χ3n) is 5.01. The van der Waals surface area contributed by atoms with Crippen LogP contribution >= 0.6 is 11.6 Å². The summed E-state index contributed by atoms with van der Waals surface area (Å²) in [5, 5.41) is 16.6. The number of fused-ring (bicyclic) bond motifs is 1. The quantitative estimate of drug-likeness (QED) is 0.675. The van der Waals surface area contributed by atoms with Crippen molar-refractivity contribution >= 4 is 29.1 Å². The van der Waals surface area contributed by atoms with E-state index in [2.05, 4.69) is 21.5 Å². The van der Waals surface area contributed by atoms with Crippen molar-refractivity contribution in [3.8, 4) is 17.5 Å². The molecule has 1 aliphatic rings. The first kappa shape index (κ1) is 20.6. The normalized spacial score (nSPS) is 15.4. The first-order chi connectivity index (χ1) is 14.9. The number of pyridine rings is 1. The maximum atomic E-state index is 13.2. The van der Waals surface area contributed by atoms with E-state index in [1.54, 1.807) is 33.8 Å². The second kappa shape index (κ2) is 8.20. The van der Waals surface area contributed by atoms with E-state index < -0.39 is 0 Å². The predicted molar refractivity (Wildman–Crippen MR) is 115 cm³/mol. The maximum Gasteiger partial charge on any atom is 0.272 e. The Kier molecular flexibility index (Phi) is 5.44. The van der Waals surface area contributed by atoms with E-state index in [9.17, 15) is 9.59 Å². The van der Waals surface area contributed by atoms with Gasteiger partial charge < -0.3 is 10.2 Å². The minimum Gasteiger partial charge on any atom is -0.331 e. The highest BCUT2D eigenvalue weighted by atomic mass is 35.5. The van der Waals surface area contributed by atoms with Gasteiger partial charge in [0.1, 0.15) is 17.1 Å². The Morgan fingerprint density at radius 1 is 1.32 bits per heavy atom. The van der Waals surface area contributed by atoms with Crippen LogP contribution in [0, 0.1) is 11.3 Å². The van der Waals surface area contributed by atoms with Gasteiger partial charge in [-0.1, -0.05) is 23.7 Å². The van der Waals surface area contributed by atoms with Gasteiger partial charge in [0, 0.05) is 26.2 Å². The van der Waals surface area contributed by atoms with E-state index in [-0.39, 0.29) is 17.9 Å². The van der Waals surface area contributed by atoms with Gasteiger partial charge in [-0.2, -0.15) is 10.4 Å². The number of amides is 2. The molecule has 0 spiro atoms. The van der Waals surface area contributed by atoms with Gasteiger partial charge in [-0.25, -0.2) is 0 Å². The van der Waals surface area contributed by atoms with E-state index in [1.165, 1.54) is 13.1 Å². The van der Waals surface area contributed by atoms with E-state index in [0.29, 0.717) is 46.4 Å². The lowest BCUT2D eigenvalue weighted by Gasteiger charge is -2.31. The monoisotopic (exact) mass is 434 g/mol. The van der Waals surface area contributed by atoms with E-state index >= 15 is 0 Å². The Labute approximate surface area is 184 Å². The molecular weight excluding hydrogens is 416 g/mol. The third-order valence-corrected chi connectivity index (χ3v) is 5.21. The number of benzene rings is 1. The fraction of sp³-hybridized carbons (Fsp3) is 0.227. The van der Waals surface area contributed by atoms with Crippen LogP contribution in [0.2, 0.25) is 5.02 Å². The summed E-state index contributed by atoms with van der Waals surface area (Å²) in [6, 6.07) is 12.5. The number of carbonyl (C=O) groups excluding carboxylic acids is 2. The third kappa shape index (κ3) is 4.13. The van der Waals surface area contributed by atoms with Crippen LogP contribution in [0.5, 0.6) is 0 Å². The molecule has 0 saturated heterocycles. The number of hydrogen-bond donors (Lipinski definition) is 1. The van der Waals surface area contributed by atoms with E-state index in [0.717, 1.165) is 5.56 Å². The molecule has 0 radical (unpaired) electrons. The summed E-state index contributed by atoms with van der Waals surface area (Å²) in [7, 11) is 0. The number of aromatic nitrogens is 3. The Balaban J connectivity index is 1.65. The van der Waals surface area contributed by atoms with Crippen LogP contribution in [0.25, 0.3) is 11.4 Å². The van der Waals surface area contributed by atoms with Gasteiger partial charge in [-0.15, -0.1) is 0 Å². The Morgan fingerprint density at radius 3 is 2.74 bits per heavy atom. The van der Waals surface area contributed by atoms with Gasteiger partial charge in [0.2, 0.25) is 5.91 Å². The fourth-order valence-electron chi connectivity index (χ4n) is 3.62. The number of anilines is 1. The highest BCUT2D eigenvalue weighted by Crippen LogP contribution is 2.31. The lowest BCUT2D eigenvalue weighted by atomic mass is 10.1. The summed E-state index contributed by atoms with van der Waals surface area (Å²) in [4.78, 5) is 30.8. The van der Waals surface area contributed by atoms with Crippen LogP contribution in [-0.2, 0) is 11.3 Å². The molecule has 2 amide bonds. The average molecular weight is 435 g/mol. The average Bonchev–Trinajstić information content (AvgIpc) is 3.18. The number of carbonyl (C=O) groups is 2. The molecule has 3 aromatic rings. The number of halogens is 1. The molecule has 1 aromatic carbocycles. The first-order valence-electron chi connectivity index (χ1n) is 9.67. The van der Waals surface area contributed by atoms with Gasteiger partial charge in [-0.05, 0) is 36.8 Å². The minimum atomic E-state index is -0.257. The van der Waals surface area contributed by atoms with Crippen molar-refractivity contribution in [1.29, 1.82) is 5.26 Å². The topological polar surface area (TPSA) is 104 Å². The Morgan fingerprint density at radius 2 is 2.06 bits per heavy atom. The van der Waals surface area contributed by atoms with Gasteiger partial charge in [0.25, 0.3) is 5.91 Å². The molecule has 1 N–H and O–H groups in total. The number of nitrogens with one attached hydrogen (secondary N) is 1. The number of nitriles is 1. The van der Waals surface area contributed by atoms with Crippen molar-refractivity contribution in [1.82, 2.24) is 19.7 Å². The molecule has 0 unspecified atom stereocenters. The number of rotatable bonds is 4. The molecule has 1 aliphatic heterocycles. The van der Waals surface area contributed by atoms with Gasteiger partial charge in [-0.3, -0.25) is 19.3 Å². The summed E-state index contributed by atoms with van der Waals surface area (Å²) in [5.41, 5.74) is 3.34. The highest BCUT2D eigenvalue weighted by Gasteiger charge is 2.31. The molecule has 4 rings (SSSR count). The van der Waals surface area contributed by atoms with Gasteiger partial charge in [0.15, 0.2) is 0 Å². The zero-order valence-electron chi connectivity index (χ0n) is 17.0. The van der Waals surface area contributed by atoms with Gasteiger partial charge in [0.05, 0.1) is 28.4 Å². The largest absolute Gasteiger partial charge is 0.331 e. The lowest BCUT2D eigenvalue weighted by Crippen LogP contribution is -2.41. The van der Waals surface area contributed by atoms with Crippen LogP contribution < -0.4 is 5.32 Å². The Bertz CT molecular complexity index is 1210. The van der Waals surface area contributed by atoms with Crippen molar-refractivity contribution in [3.63, 3.8) is 0 Å². The SMILES string of the molecule is CC(=O)Nc1cc(Cl)cnc1-c1cc2n(n1)[C@@H](C)CN(Cc1ccc(C#N)cc1)C2=O. The molecule has 8 nitrogen and oxygen atoms in total. The van der Waals surface area contributed by atoms with E-state index in [1.807, 2.05) is 19.1 Å². The lowest BCUT2D eigenvalue weighted by molar-refractivity contribution is -0.114. The summed E-state index contributed by atoms with van der Waals surface area (Å²) in [5.74, 6) is -0.399. The fourth-order valence-corrected chi connectivity index (χ4v) is 3.77. The summed E-state index contributed by atoms with van der Waals surface area (Å²) < 4.78 is 1.70. The zero-order chi connectivity index (χ0) is 22.1. The molecule has 0 fully saturated rings. The molecule has 156 valence electrons. The summed E-state index contributed by atoms with van der Waals surface area (Å²) in [6.45, 7) is 4.32. The van der Waals surface area contributed by atoms with Crippen LogP contribution in [0.3, 0.4) is 0 Å². The maximum absolute atomic E-state index is 13.2.